The number of halogens is 2. The van der Waals surface area contributed by atoms with Crippen LogP contribution in [0.25, 0.3) is 11.0 Å². The number of nitrogens with zero attached hydrogens (tertiary/aromatic N) is 6. The first-order valence-electron chi connectivity index (χ1n) is 15.0. The van der Waals surface area contributed by atoms with E-state index >= 15 is 0 Å². The van der Waals surface area contributed by atoms with Crippen molar-refractivity contribution in [3.8, 4) is 11.5 Å². The third-order valence-corrected chi connectivity index (χ3v) is 9.90. The Bertz CT molecular complexity index is 1960. The molecule has 0 amide bonds. The number of pyridine rings is 1. The number of aromatic nitrogens is 5. The van der Waals surface area contributed by atoms with Gasteiger partial charge in [-0.25, -0.2) is 14.8 Å². The highest BCUT2D eigenvalue weighted by Gasteiger charge is 2.58. The van der Waals surface area contributed by atoms with Gasteiger partial charge >= 0.3 is 5.97 Å². The Morgan fingerprint density at radius 3 is 2.64 bits per heavy atom. The van der Waals surface area contributed by atoms with Crippen molar-refractivity contribution in [2.24, 2.45) is 11.8 Å². The molecule has 2 fully saturated rings. The molecule has 5 heterocycles. The van der Waals surface area contributed by atoms with Crippen LogP contribution < -0.4 is 9.47 Å². The van der Waals surface area contributed by atoms with E-state index in [1.165, 1.54) is 11.6 Å². The number of hydrogen-bond donors (Lipinski definition) is 1. The molecule has 1 N–H and O–H groups in total. The van der Waals surface area contributed by atoms with Crippen LogP contribution >= 0.6 is 23.2 Å². The summed E-state index contributed by atoms with van der Waals surface area (Å²) >= 11 is 12.6. The maximum Gasteiger partial charge on any atom is 0.335 e. The van der Waals surface area contributed by atoms with Crippen LogP contribution in [0.1, 0.15) is 52.9 Å². The molecule has 10 nitrogen and oxygen atoms in total. The number of piperidine rings is 1. The molecule has 0 radical (unpaired) electrons. The van der Waals surface area contributed by atoms with Gasteiger partial charge in [-0.15, -0.1) is 0 Å². The summed E-state index contributed by atoms with van der Waals surface area (Å²) in [5.74, 6) is 1.68. The minimum Gasteiger partial charge on any atom is -0.478 e. The molecule has 8 rings (SSSR count). The van der Waals surface area contributed by atoms with E-state index in [0.717, 1.165) is 42.7 Å². The maximum absolute atomic E-state index is 11.9. The molecule has 2 aromatic carbocycles. The van der Waals surface area contributed by atoms with Gasteiger partial charge in [0.05, 0.1) is 46.2 Å². The Hall–Kier alpha value is -4.12. The fourth-order valence-electron chi connectivity index (χ4n) is 7.14. The second-order valence-corrected chi connectivity index (χ2v) is 13.0. The van der Waals surface area contributed by atoms with Gasteiger partial charge in [0, 0.05) is 44.5 Å². The molecule has 3 aliphatic rings. The van der Waals surface area contributed by atoms with Crippen LogP contribution in [0.5, 0.6) is 11.5 Å². The number of carbonyl (C=O) groups is 1. The molecular formula is C33H30Cl2N6O4. The average molecular weight is 646 g/mol. The summed E-state index contributed by atoms with van der Waals surface area (Å²) < 4.78 is 16.9. The topological polar surface area (TPSA) is 108 Å². The number of aromatic carboxylic acids is 1. The SMILES string of the molecule is CCn1cncc1Cn1c(CN2CC3C(C2)C3c2cccc3c2OC(C)(c2ccc(Cl)cn2)O3)nc2c(Cl)cc(C(=O)O)cc21. The average Bonchev–Trinajstić information content (AvgIpc) is 3.51. The largest absolute Gasteiger partial charge is 0.478 e. The second kappa shape index (κ2) is 10.5. The third-order valence-electron chi connectivity index (χ3n) is 9.39. The van der Waals surface area contributed by atoms with Gasteiger partial charge in [-0.2, -0.15) is 0 Å². The highest BCUT2D eigenvalue weighted by atomic mass is 35.5. The number of imidazole rings is 2. The van der Waals surface area contributed by atoms with Crippen LogP contribution in [0.2, 0.25) is 10.0 Å². The first-order valence-corrected chi connectivity index (χ1v) is 15.7. The van der Waals surface area contributed by atoms with Crippen LogP contribution in [0.4, 0.5) is 0 Å². The van der Waals surface area contributed by atoms with E-state index in [-0.39, 0.29) is 5.56 Å². The lowest BCUT2D eigenvalue weighted by atomic mass is 10.0. The Kier molecular flexibility index (Phi) is 6.60. The van der Waals surface area contributed by atoms with Crippen molar-refractivity contribution in [3.05, 3.63) is 99.6 Å². The normalized spacial score (nSPS) is 23.5. The number of carboxylic acid groups (broad SMARTS) is 1. The molecule has 3 aromatic heterocycles. The molecule has 1 saturated heterocycles. The summed E-state index contributed by atoms with van der Waals surface area (Å²) in [6, 6.07) is 12.9. The van der Waals surface area contributed by atoms with E-state index in [1.54, 1.807) is 18.3 Å². The lowest BCUT2D eigenvalue weighted by Gasteiger charge is -2.23. The van der Waals surface area contributed by atoms with Gasteiger partial charge in [0.2, 0.25) is 0 Å². The van der Waals surface area contributed by atoms with Crippen LogP contribution in [0.15, 0.2) is 61.2 Å². The van der Waals surface area contributed by atoms with E-state index < -0.39 is 11.8 Å². The number of benzene rings is 2. The number of aryl methyl sites for hydroxylation is 1. The van der Waals surface area contributed by atoms with Crippen molar-refractivity contribution >= 4 is 40.2 Å². The summed E-state index contributed by atoms with van der Waals surface area (Å²) in [6.07, 6.45) is 5.25. The first-order chi connectivity index (χ1) is 21.7. The Balaban J connectivity index is 1.04. The summed E-state index contributed by atoms with van der Waals surface area (Å²) in [5, 5.41) is 10.6. The van der Waals surface area contributed by atoms with Gasteiger partial charge in [-0.3, -0.25) is 9.88 Å². The van der Waals surface area contributed by atoms with Crippen LogP contribution in [-0.4, -0.2) is 53.2 Å². The fraction of sp³-hybridized carbons (Fsp3) is 0.333. The Morgan fingerprint density at radius 1 is 1.09 bits per heavy atom. The van der Waals surface area contributed by atoms with E-state index in [1.807, 2.05) is 37.6 Å². The third kappa shape index (κ3) is 4.74. The number of hydrogen-bond acceptors (Lipinski definition) is 7. The molecule has 2 aliphatic heterocycles. The van der Waals surface area contributed by atoms with E-state index in [4.69, 9.17) is 37.7 Å². The molecule has 3 unspecified atom stereocenters. The number of likely N-dealkylation sites (tertiary alicyclic amines) is 1. The molecule has 45 heavy (non-hydrogen) atoms. The zero-order chi connectivity index (χ0) is 31.0. The summed E-state index contributed by atoms with van der Waals surface area (Å²) in [4.78, 5) is 28.0. The number of ether oxygens (including phenoxy) is 2. The van der Waals surface area contributed by atoms with Crippen LogP contribution in [0, 0.1) is 11.8 Å². The molecule has 12 heteroatoms. The van der Waals surface area contributed by atoms with Crippen molar-refractivity contribution in [3.63, 3.8) is 0 Å². The molecule has 230 valence electrons. The van der Waals surface area contributed by atoms with Crippen LogP contribution in [0.3, 0.4) is 0 Å². The van der Waals surface area contributed by atoms with E-state index in [0.29, 0.717) is 57.6 Å². The minimum atomic E-state index is -1.02. The van der Waals surface area contributed by atoms with E-state index in [2.05, 4.69) is 37.0 Å². The highest BCUT2D eigenvalue weighted by molar-refractivity contribution is 6.35. The van der Waals surface area contributed by atoms with Gasteiger partial charge in [0.1, 0.15) is 17.0 Å². The minimum absolute atomic E-state index is 0.138. The van der Waals surface area contributed by atoms with Crippen molar-refractivity contribution < 1.29 is 19.4 Å². The smallest absolute Gasteiger partial charge is 0.335 e. The molecule has 3 atom stereocenters. The monoisotopic (exact) mass is 644 g/mol. The van der Waals surface area contributed by atoms with E-state index in [9.17, 15) is 9.90 Å². The predicted molar refractivity (Wildman–Crippen MR) is 168 cm³/mol. The molecule has 1 aliphatic carbocycles. The second-order valence-electron chi connectivity index (χ2n) is 12.1. The Morgan fingerprint density at radius 2 is 1.91 bits per heavy atom. The molecular weight excluding hydrogens is 615 g/mol. The summed E-state index contributed by atoms with van der Waals surface area (Å²) in [6.45, 7) is 7.70. The zero-order valence-corrected chi connectivity index (χ0v) is 26.2. The standard InChI is InChI=1S/C33H30Cl2N6O4/c1-3-40-17-36-12-20(40)13-41-25-10-18(32(42)43)9-24(35)30(25)38-28(41)16-39-14-22-23(15-39)29(22)21-5-4-6-26-31(21)45-33(2,44-26)27-8-7-19(34)11-37-27/h4-12,17,22-23,29H,3,13-16H2,1-2H3,(H,42,43). The van der Waals surface area contributed by atoms with Gasteiger partial charge in [0.25, 0.3) is 5.79 Å². The van der Waals surface area contributed by atoms with Crippen molar-refractivity contribution in [1.29, 1.82) is 0 Å². The van der Waals surface area contributed by atoms with Crippen molar-refractivity contribution in [2.45, 2.75) is 45.2 Å². The zero-order valence-electron chi connectivity index (χ0n) is 24.7. The first kappa shape index (κ1) is 28.4. The molecule has 0 spiro atoms. The number of rotatable bonds is 8. The summed E-state index contributed by atoms with van der Waals surface area (Å²) in [5.41, 5.74) is 4.30. The molecule has 1 saturated carbocycles. The molecule has 5 aromatic rings. The summed E-state index contributed by atoms with van der Waals surface area (Å²) in [7, 11) is 0. The lowest BCUT2D eigenvalue weighted by molar-refractivity contribution is -0.0721. The molecule has 0 bridgehead atoms. The van der Waals surface area contributed by atoms with Gasteiger partial charge in [-0.05, 0) is 55.0 Å². The van der Waals surface area contributed by atoms with Gasteiger partial charge < -0.3 is 23.7 Å². The number of para-hydroxylation sites is 1. The van der Waals surface area contributed by atoms with Crippen LogP contribution in [-0.2, 0) is 25.4 Å². The van der Waals surface area contributed by atoms with Crippen molar-refractivity contribution in [1.82, 2.24) is 29.0 Å². The fourth-order valence-corrected chi connectivity index (χ4v) is 7.51. The highest BCUT2D eigenvalue weighted by Crippen LogP contribution is 2.62. The van der Waals surface area contributed by atoms with Gasteiger partial charge in [-0.1, -0.05) is 35.3 Å². The Labute approximate surface area is 269 Å². The van der Waals surface area contributed by atoms with Gasteiger partial charge in [0.15, 0.2) is 11.5 Å². The predicted octanol–water partition coefficient (Wildman–Crippen LogP) is 6.19. The van der Waals surface area contributed by atoms with Crippen molar-refractivity contribution in [2.75, 3.05) is 13.1 Å². The number of fused-ring (bicyclic) bond motifs is 3. The quantitative estimate of drug-likeness (QED) is 0.213. The lowest BCUT2D eigenvalue weighted by Crippen LogP contribution is -2.32. The maximum atomic E-state index is 11.9. The number of carboxylic acids is 1.